The van der Waals surface area contributed by atoms with Gasteiger partial charge in [-0.25, -0.2) is 4.79 Å². The van der Waals surface area contributed by atoms with Crippen LogP contribution < -0.4 is 5.32 Å². The minimum atomic E-state index is -0.480. The second-order valence-corrected chi connectivity index (χ2v) is 8.03. The van der Waals surface area contributed by atoms with Crippen LogP contribution in [-0.2, 0) is 28.8 Å². The van der Waals surface area contributed by atoms with E-state index in [1.165, 1.54) is 23.5 Å². The van der Waals surface area contributed by atoms with Gasteiger partial charge in [-0.05, 0) is 43.2 Å². The largest absolute Gasteiger partial charge is 0.462 e. The third kappa shape index (κ3) is 4.39. The molecule has 0 saturated heterocycles. The van der Waals surface area contributed by atoms with Gasteiger partial charge in [-0.15, -0.1) is 11.3 Å². The minimum absolute atomic E-state index is 0.0196. The average Bonchev–Trinajstić information content (AvgIpc) is 2.98. The lowest BCUT2D eigenvalue weighted by atomic mass is 9.88. The van der Waals surface area contributed by atoms with Gasteiger partial charge in [0.2, 0.25) is 5.91 Å². The van der Waals surface area contributed by atoms with Gasteiger partial charge < -0.3 is 10.1 Å². The smallest absolute Gasteiger partial charge is 0.341 e. The van der Waals surface area contributed by atoms with Crippen molar-refractivity contribution in [2.75, 3.05) is 11.9 Å². The first kappa shape index (κ1) is 20.0. The predicted octanol–water partition coefficient (Wildman–Crippen LogP) is 4.14. The number of esters is 1. The Kier molecular flexibility index (Phi) is 6.08. The third-order valence-corrected chi connectivity index (χ3v) is 5.93. The van der Waals surface area contributed by atoms with Crippen LogP contribution in [0.1, 0.15) is 46.6 Å². The molecule has 3 rings (SSSR count). The number of amides is 1. The summed E-state index contributed by atoms with van der Waals surface area (Å²) in [6.07, 6.45) is 2.77. The van der Waals surface area contributed by atoms with Gasteiger partial charge in [-0.3, -0.25) is 14.9 Å². The van der Waals surface area contributed by atoms with Crippen LogP contribution in [0, 0.1) is 16.0 Å². The highest BCUT2D eigenvalue weighted by Gasteiger charge is 2.29. The number of nitrogens with one attached hydrogen (secondary N) is 1. The number of thiophene rings is 1. The van der Waals surface area contributed by atoms with Crippen LogP contribution in [0.4, 0.5) is 10.7 Å². The molecule has 1 N–H and O–H groups in total. The molecule has 8 heteroatoms. The molecule has 0 fully saturated rings. The van der Waals surface area contributed by atoms with Gasteiger partial charge >= 0.3 is 5.97 Å². The van der Waals surface area contributed by atoms with Gasteiger partial charge in [0.25, 0.3) is 5.69 Å². The van der Waals surface area contributed by atoms with Crippen LogP contribution in [0.25, 0.3) is 0 Å². The van der Waals surface area contributed by atoms with Crippen LogP contribution in [0.5, 0.6) is 0 Å². The first-order valence-corrected chi connectivity index (χ1v) is 10.1. The standard InChI is InChI=1S/C20H22N2O5S/c1-3-27-20(24)18-15-9-4-12(2)10-16(15)28-19(18)21-17(23)11-13-5-7-14(8-6-13)22(25)26/h5-8,12H,3-4,9-11H2,1-2H3,(H,21,23)/t12-/m0/s1. The van der Waals surface area contributed by atoms with Crippen molar-refractivity contribution in [2.24, 2.45) is 5.92 Å². The number of non-ortho nitro benzene ring substituents is 1. The summed E-state index contributed by atoms with van der Waals surface area (Å²) in [7, 11) is 0. The van der Waals surface area contributed by atoms with Crippen molar-refractivity contribution in [1.82, 2.24) is 0 Å². The number of ether oxygens (including phenoxy) is 1. The van der Waals surface area contributed by atoms with Crippen molar-refractivity contribution >= 4 is 33.9 Å². The summed E-state index contributed by atoms with van der Waals surface area (Å²) in [5.41, 5.74) is 2.11. The van der Waals surface area contributed by atoms with Crippen LogP contribution >= 0.6 is 11.3 Å². The van der Waals surface area contributed by atoms with Crippen molar-refractivity contribution in [3.05, 3.63) is 55.9 Å². The monoisotopic (exact) mass is 402 g/mol. The van der Waals surface area contributed by atoms with E-state index in [1.807, 2.05) is 0 Å². The molecule has 1 amide bonds. The van der Waals surface area contributed by atoms with Crippen LogP contribution in [0.2, 0.25) is 0 Å². The van der Waals surface area contributed by atoms with E-state index in [9.17, 15) is 19.7 Å². The number of hydrogen-bond donors (Lipinski definition) is 1. The van der Waals surface area contributed by atoms with Gasteiger partial charge in [0.1, 0.15) is 5.00 Å². The molecule has 0 saturated carbocycles. The number of nitrogens with zero attached hydrogens (tertiary/aromatic N) is 1. The molecule has 1 atom stereocenters. The van der Waals surface area contributed by atoms with E-state index in [4.69, 9.17) is 4.74 Å². The number of nitro groups is 1. The number of rotatable bonds is 6. The van der Waals surface area contributed by atoms with Crippen molar-refractivity contribution < 1.29 is 19.2 Å². The molecule has 1 aliphatic carbocycles. The number of fused-ring (bicyclic) bond motifs is 1. The first-order chi connectivity index (χ1) is 13.4. The third-order valence-electron chi connectivity index (χ3n) is 4.76. The average molecular weight is 402 g/mol. The summed E-state index contributed by atoms with van der Waals surface area (Å²) in [6.45, 7) is 4.21. The van der Waals surface area contributed by atoms with Gasteiger partial charge in [0.15, 0.2) is 0 Å². The van der Waals surface area contributed by atoms with E-state index in [2.05, 4.69) is 12.2 Å². The van der Waals surface area contributed by atoms with Crippen molar-refractivity contribution in [1.29, 1.82) is 0 Å². The fourth-order valence-electron chi connectivity index (χ4n) is 3.35. The SMILES string of the molecule is CCOC(=O)c1c(NC(=O)Cc2ccc([N+](=O)[O-])cc2)sc2c1CC[C@H](C)C2. The molecule has 148 valence electrons. The Morgan fingerprint density at radius 1 is 1.32 bits per heavy atom. The Morgan fingerprint density at radius 3 is 2.68 bits per heavy atom. The molecule has 0 radical (unpaired) electrons. The zero-order chi connectivity index (χ0) is 20.3. The topological polar surface area (TPSA) is 98.5 Å². The number of anilines is 1. The Bertz CT molecular complexity index is 904. The van der Waals surface area contributed by atoms with E-state index in [1.54, 1.807) is 19.1 Å². The molecule has 1 heterocycles. The Balaban J connectivity index is 1.79. The summed E-state index contributed by atoms with van der Waals surface area (Å²) < 4.78 is 5.21. The lowest BCUT2D eigenvalue weighted by Gasteiger charge is -2.18. The summed E-state index contributed by atoms with van der Waals surface area (Å²) in [5, 5.41) is 14.1. The Morgan fingerprint density at radius 2 is 2.04 bits per heavy atom. The lowest BCUT2D eigenvalue weighted by Crippen LogP contribution is -2.17. The van der Waals surface area contributed by atoms with Crippen LogP contribution in [0.15, 0.2) is 24.3 Å². The molecule has 2 aromatic rings. The summed E-state index contributed by atoms with van der Waals surface area (Å²) in [4.78, 5) is 36.4. The van der Waals surface area contributed by atoms with Crippen molar-refractivity contribution in [2.45, 2.75) is 39.5 Å². The van der Waals surface area contributed by atoms with Crippen molar-refractivity contribution in [3.8, 4) is 0 Å². The maximum atomic E-state index is 12.5. The van der Waals surface area contributed by atoms with E-state index >= 15 is 0 Å². The minimum Gasteiger partial charge on any atom is -0.462 e. The zero-order valence-corrected chi connectivity index (χ0v) is 16.6. The fourth-order valence-corrected chi connectivity index (χ4v) is 4.76. The highest BCUT2D eigenvalue weighted by Crippen LogP contribution is 2.40. The molecule has 1 aromatic heterocycles. The second kappa shape index (κ2) is 8.52. The highest BCUT2D eigenvalue weighted by atomic mass is 32.1. The Labute approximate surface area is 166 Å². The molecule has 0 unspecified atom stereocenters. The fraction of sp³-hybridized carbons (Fsp3) is 0.400. The summed E-state index contributed by atoms with van der Waals surface area (Å²) >= 11 is 1.44. The second-order valence-electron chi connectivity index (χ2n) is 6.92. The number of carbonyl (C=O) groups excluding carboxylic acids is 2. The quantitative estimate of drug-likeness (QED) is 0.445. The summed E-state index contributed by atoms with van der Waals surface area (Å²) in [6, 6.07) is 5.87. The number of hydrogen-bond acceptors (Lipinski definition) is 6. The van der Waals surface area contributed by atoms with Crippen LogP contribution in [-0.4, -0.2) is 23.4 Å². The van der Waals surface area contributed by atoms with E-state index in [0.29, 0.717) is 22.0 Å². The molecule has 28 heavy (non-hydrogen) atoms. The highest BCUT2D eigenvalue weighted by molar-refractivity contribution is 7.17. The molecule has 0 spiro atoms. The van der Waals surface area contributed by atoms with E-state index in [-0.39, 0.29) is 24.6 Å². The maximum absolute atomic E-state index is 12.5. The summed E-state index contributed by atoms with van der Waals surface area (Å²) in [5.74, 6) is -0.129. The van der Waals surface area contributed by atoms with Gasteiger partial charge in [-0.1, -0.05) is 19.1 Å². The lowest BCUT2D eigenvalue weighted by molar-refractivity contribution is -0.384. The van der Waals surface area contributed by atoms with Gasteiger partial charge in [-0.2, -0.15) is 0 Å². The van der Waals surface area contributed by atoms with E-state index < -0.39 is 10.9 Å². The number of carbonyl (C=O) groups is 2. The van der Waals surface area contributed by atoms with Gasteiger partial charge in [0, 0.05) is 17.0 Å². The zero-order valence-electron chi connectivity index (χ0n) is 15.8. The molecule has 1 aliphatic rings. The number of nitro benzene ring substituents is 1. The molecule has 0 aliphatic heterocycles. The molecular weight excluding hydrogens is 380 g/mol. The maximum Gasteiger partial charge on any atom is 0.341 e. The number of benzene rings is 1. The molecule has 0 bridgehead atoms. The Hall–Kier alpha value is -2.74. The van der Waals surface area contributed by atoms with Crippen LogP contribution in [0.3, 0.4) is 0 Å². The normalized spacial score (nSPS) is 15.6. The van der Waals surface area contributed by atoms with Crippen molar-refractivity contribution in [3.63, 3.8) is 0 Å². The van der Waals surface area contributed by atoms with Gasteiger partial charge in [0.05, 0.1) is 23.5 Å². The predicted molar refractivity (Wildman–Crippen MR) is 107 cm³/mol. The molecule has 7 nitrogen and oxygen atoms in total. The van der Waals surface area contributed by atoms with E-state index in [0.717, 1.165) is 29.7 Å². The first-order valence-electron chi connectivity index (χ1n) is 9.23. The molecular formula is C20H22N2O5S. The molecule has 1 aromatic carbocycles.